The molecule has 0 saturated carbocycles. The van der Waals surface area contributed by atoms with Crippen LogP contribution in [0.15, 0.2) is 36.4 Å². The lowest BCUT2D eigenvalue weighted by Gasteiger charge is -2.15. The molecule has 1 atom stereocenters. The molecule has 2 aromatic rings. The molecular weight excluding hydrogens is 282 g/mol. The number of carboxylic acid groups (broad SMARTS) is 1. The van der Waals surface area contributed by atoms with Crippen molar-refractivity contribution in [1.82, 2.24) is 15.1 Å². The lowest BCUT2D eigenvalue weighted by molar-refractivity contribution is -0.141. The second-order valence-electron chi connectivity index (χ2n) is 5.23. The molecule has 6 heteroatoms. The topological polar surface area (TPSA) is 84.2 Å². The summed E-state index contributed by atoms with van der Waals surface area (Å²) >= 11 is 0. The van der Waals surface area contributed by atoms with Crippen molar-refractivity contribution in [2.45, 2.75) is 32.9 Å². The molecule has 0 fully saturated rings. The number of carbonyl (C=O) groups is 2. The average molecular weight is 301 g/mol. The summed E-state index contributed by atoms with van der Waals surface area (Å²) in [5.74, 6) is -1.42. The van der Waals surface area contributed by atoms with Crippen LogP contribution in [0.2, 0.25) is 0 Å². The molecule has 22 heavy (non-hydrogen) atoms. The van der Waals surface area contributed by atoms with E-state index in [0.717, 1.165) is 17.0 Å². The molecule has 0 saturated heterocycles. The number of aryl methyl sites for hydroxylation is 2. The van der Waals surface area contributed by atoms with Crippen molar-refractivity contribution in [2.75, 3.05) is 0 Å². The predicted molar refractivity (Wildman–Crippen MR) is 81.4 cm³/mol. The highest BCUT2D eigenvalue weighted by Crippen LogP contribution is 2.05. The molecule has 2 N–H and O–H groups in total. The van der Waals surface area contributed by atoms with Crippen LogP contribution in [0.5, 0.6) is 0 Å². The van der Waals surface area contributed by atoms with Crippen molar-refractivity contribution in [1.29, 1.82) is 0 Å². The zero-order chi connectivity index (χ0) is 16.1. The number of hydrogen-bond donors (Lipinski definition) is 2. The number of carbonyl (C=O) groups excluding carboxylic acids is 1. The second kappa shape index (κ2) is 6.89. The molecule has 0 spiro atoms. The largest absolute Gasteiger partial charge is 0.480 e. The van der Waals surface area contributed by atoms with E-state index in [1.54, 1.807) is 4.68 Å². The number of nitrogens with one attached hydrogen (secondary N) is 1. The number of benzene rings is 1. The fourth-order valence-electron chi connectivity index (χ4n) is 2.26. The minimum absolute atomic E-state index is 0.0121. The summed E-state index contributed by atoms with van der Waals surface area (Å²) in [6.07, 6.45) is 0.249. The van der Waals surface area contributed by atoms with E-state index in [-0.39, 0.29) is 18.9 Å². The predicted octanol–water partition coefficient (Wildman–Crippen LogP) is 1.31. The first-order chi connectivity index (χ1) is 10.5. The fourth-order valence-corrected chi connectivity index (χ4v) is 2.26. The third-order valence-corrected chi connectivity index (χ3v) is 3.31. The number of carboxylic acids is 1. The molecule has 0 aliphatic heterocycles. The van der Waals surface area contributed by atoms with E-state index in [9.17, 15) is 14.7 Å². The molecule has 1 aromatic carbocycles. The van der Waals surface area contributed by atoms with Gasteiger partial charge in [-0.1, -0.05) is 30.3 Å². The van der Waals surface area contributed by atoms with Gasteiger partial charge < -0.3 is 10.4 Å². The number of hydrogen-bond acceptors (Lipinski definition) is 3. The maximum absolute atomic E-state index is 12.0. The van der Waals surface area contributed by atoms with E-state index in [4.69, 9.17) is 0 Å². The Balaban J connectivity index is 2.00. The quantitative estimate of drug-likeness (QED) is 0.842. The van der Waals surface area contributed by atoms with Crippen molar-refractivity contribution < 1.29 is 14.7 Å². The van der Waals surface area contributed by atoms with Crippen LogP contribution in [0, 0.1) is 13.8 Å². The van der Waals surface area contributed by atoms with Gasteiger partial charge in [-0.25, -0.2) is 4.79 Å². The lowest BCUT2D eigenvalue weighted by Crippen LogP contribution is -2.43. The monoisotopic (exact) mass is 301 g/mol. The van der Waals surface area contributed by atoms with Crippen molar-refractivity contribution in [3.8, 4) is 0 Å². The molecule has 0 radical (unpaired) electrons. The number of amides is 1. The smallest absolute Gasteiger partial charge is 0.326 e. The normalized spacial score (nSPS) is 11.9. The van der Waals surface area contributed by atoms with Crippen molar-refractivity contribution >= 4 is 11.9 Å². The summed E-state index contributed by atoms with van der Waals surface area (Å²) in [6, 6.07) is 10.1. The SMILES string of the molecule is Cc1cc(C)n(CC(=O)N[C@H](Cc2ccccc2)C(=O)O)n1. The van der Waals surface area contributed by atoms with Crippen LogP contribution in [-0.4, -0.2) is 32.8 Å². The van der Waals surface area contributed by atoms with Gasteiger partial charge in [-0.3, -0.25) is 9.48 Å². The molecule has 0 aliphatic rings. The summed E-state index contributed by atoms with van der Waals surface area (Å²) in [5.41, 5.74) is 2.55. The highest BCUT2D eigenvalue weighted by molar-refractivity contribution is 5.83. The Hall–Kier alpha value is -2.63. The minimum atomic E-state index is -1.05. The zero-order valence-corrected chi connectivity index (χ0v) is 12.6. The molecule has 0 aliphatic carbocycles. The number of nitrogens with zero attached hydrogens (tertiary/aromatic N) is 2. The first-order valence-electron chi connectivity index (χ1n) is 7.03. The van der Waals surface area contributed by atoms with Crippen LogP contribution in [0.1, 0.15) is 17.0 Å². The number of aliphatic carboxylic acids is 1. The Labute approximate surface area is 128 Å². The van der Waals surface area contributed by atoms with Gasteiger partial charge in [0.25, 0.3) is 0 Å². The molecule has 1 amide bonds. The van der Waals surface area contributed by atoms with E-state index < -0.39 is 12.0 Å². The third-order valence-electron chi connectivity index (χ3n) is 3.31. The third kappa shape index (κ3) is 4.18. The molecular formula is C16H19N3O3. The zero-order valence-electron chi connectivity index (χ0n) is 12.6. The van der Waals surface area contributed by atoms with E-state index in [0.29, 0.717) is 0 Å². The van der Waals surface area contributed by atoms with Gasteiger partial charge in [0.05, 0.1) is 5.69 Å². The van der Waals surface area contributed by atoms with Gasteiger partial charge in [0.1, 0.15) is 12.6 Å². The van der Waals surface area contributed by atoms with E-state index >= 15 is 0 Å². The first-order valence-corrected chi connectivity index (χ1v) is 7.03. The molecule has 0 bridgehead atoms. The summed E-state index contributed by atoms with van der Waals surface area (Å²) < 4.78 is 1.56. The Morgan fingerprint density at radius 2 is 1.95 bits per heavy atom. The van der Waals surface area contributed by atoms with Gasteiger partial charge in [-0.15, -0.1) is 0 Å². The van der Waals surface area contributed by atoms with Crippen LogP contribution < -0.4 is 5.32 Å². The van der Waals surface area contributed by atoms with Gasteiger partial charge in [0.2, 0.25) is 5.91 Å². The van der Waals surface area contributed by atoms with Crippen molar-refractivity contribution in [2.24, 2.45) is 0 Å². The first kappa shape index (κ1) is 15.8. The van der Waals surface area contributed by atoms with Crippen molar-refractivity contribution in [3.63, 3.8) is 0 Å². The Morgan fingerprint density at radius 1 is 1.27 bits per heavy atom. The highest BCUT2D eigenvalue weighted by atomic mass is 16.4. The maximum atomic E-state index is 12.0. The standard InChI is InChI=1S/C16H19N3O3/c1-11-8-12(2)19(18-11)10-15(20)17-14(16(21)22)9-13-6-4-3-5-7-13/h3-8,14H,9-10H2,1-2H3,(H,17,20)(H,21,22)/t14-/m1/s1. The van der Waals surface area contributed by atoms with Gasteiger partial charge >= 0.3 is 5.97 Å². The number of aromatic nitrogens is 2. The minimum Gasteiger partial charge on any atom is -0.480 e. The molecule has 0 unspecified atom stereocenters. The van der Waals surface area contributed by atoms with E-state index in [1.807, 2.05) is 50.2 Å². The molecule has 6 nitrogen and oxygen atoms in total. The number of rotatable bonds is 6. The van der Waals surface area contributed by atoms with Crippen LogP contribution in [-0.2, 0) is 22.6 Å². The summed E-state index contributed by atoms with van der Waals surface area (Å²) in [5, 5.41) is 16.0. The molecule has 116 valence electrons. The lowest BCUT2D eigenvalue weighted by atomic mass is 10.1. The van der Waals surface area contributed by atoms with Crippen LogP contribution in [0.4, 0.5) is 0 Å². The molecule has 1 heterocycles. The summed E-state index contributed by atoms with van der Waals surface area (Å²) in [4.78, 5) is 23.4. The van der Waals surface area contributed by atoms with Gasteiger partial charge in [0.15, 0.2) is 0 Å². The summed E-state index contributed by atoms with van der Waals surface area (Å²) in [6.45, 7) is 3.71. The molecule has 2 rings (SSSR count). The van der Waals surface area contributed by atoms with Gasteiger partial charge in [0, 0.05) is 12.1 Å². The molecule has 1 aromatic heterocycles. The van der Waals surface area contributed by atoms with E-state index in [1.165, 1.54) is 0 Å². The fraction of sp³-hybridized carbons (Fsp3) is 0.312. The van der Waals surface area contributed by atoms with Crippen LogP contribution in [0.3, 0.4) is 0 Å². The van der Waals surface area contributed by atoms with Gasteiger partial charge in [-0.05, 0) is 25.5 Å². The highest BCUT2D eigenvalue weighted by Gasteiger charge is 2.20. The summed E-state index contributed by atoms with van der Waals surface area (Å²) in [7, 11) is 0. The Morgan fingerprint density at radius 3 is 2.50 bits per heavy atom. The van der Waals surface area contributed by atoms with Crippen LogP contribution >= 0.6 is 0 Å². The van der Waals surface area contributed by atoms with E-state index in [2.05, 4.69) is 10.4 Å². The second-order valence-corrected chi connectivity index (χ2v) is 5.23. The van der Waals surface area contributed by atoms with Crippen molar-refractivity contribution in [3.05, 3.63) is 53.3 Å². The van der Waals surface area contributed by atoms with Gasteiger partial charge in [-0.2, -0.15) is 5.10 Å². The Bertz CT molecular complexity index is 665. The maximum Gasteiger partial charge on any atom is 0.326 e. The van der Waals surface area contributed by atoms with Crippen LogP contribution in [0.25, 0.3) is 0 Å². The average Bonchev–Trinajstić information content (AvgIpc) is 2.77. The Kier molecular flexibility index (Phi) is 4.93.